The van der Waals surface area contributed by atoms with Crippen LogP contribution in [0.5, 0.6) is 0 Å². The lowest BCUT2D eigenvalue weighted by Gasteiger charge is -2.57. The molecule has 4 aliphatic carbocycles. The van der Waals surface area contributed by atoms with Crippen molar-refractivity contribution < 1.29 is 4.84 Å². The first-order valence-electron chi connectivity index (χ1n) is 11.1. The molecule has 3 unspecified atom stereocenters. The topological polar surface area (TPSA) is 21.6 Å². The number of nitrogens with zero attached hydrogens (tertiary/aromatic N) is 1. The third kappa shape index (κ3) is 2.79. The summed E-state index contributed by atoms with van der Waals surface area (Å²) in [5.41, 5.74) is 5.24. The second kappa shape index (κ2) is 6.84. The second-order valence-corrected chi connectivity index (χ2v) is 9.87. The van der Waals surface area contributed by atoms with E-state index in [0.717, 1.165) is 37.2 Å². The van der Waals surface area contributed by atoms with Crippen molar-refractivity contribution in [2.24, 2.45) is 33.7 Å². The Hall–Kier alpha value is -1.05. The molecule has 0 spiro atoms. The van der Waals surface area contributed by atoms with E-state index in [1.165, 1.54) is 57.1 Å². The van der Waals surface area contributed by atoms with E-state index in [1.807, 2.05) is 0 Å². The fourth-order valence-corrected chi connectivity index (χ4v) is 6.89. The van der Waals surface area contributed by atoms with Crippen LogP contribution >= 0.6 is 0 Å². The van der Waals surface area contributed by atoms with E-state index in [-0.39, 0.29) is 0 Å². The summed E-state index contributed by atoms with van der Waals surface area (Å²) in [7, 11) is 0. The summed E-state index contributed by atoms with van der Waals surface area (Å²) < 4.78 is 0. The van der Waals surface area contributed by atoms with Gasteiger partial charge < -0.3 is 4.84 Å². The van der Waals surface area contributed by atoms with Crippen LogP contribution in [0.4, 0.5) is 0 Å². The summed E-state index contributed by atoms with van der Waals surface area (Å²) in [4.78, 5) is 5.55. The maximum Gasteiger partial charge on any atom is 0.117 e. The molecule has 0 saturated heterocycles. The SMILES string of the molecule is C=C1CCC2C3CCC4=CC(=NOCCCC)CC[C@]4(C)C3CC[C@]12C. The lowest BCUT2D eigenvalue weighted by molar-refractivity contribution is -0.0226. The maximum atomic E-state index is 5.55. The normalized spacial score (nSPS) is 43.5. The van der Waals surface area contributed by atoms with Crippen LogP contribution in [-0.4, -0.2) is 12.3 Å². The standard InChI is InChI=1S/C24H37NO/c1-5-6-15-26-25-19-11-13-24(4)18(16-19)8-9-20-21-10-7-17(2)23(21,3)14-12-22(20)24/h16,20-22H,2,5-15H2,1,3-4H3/t20?,21?,22?,23-,24+/m1/s1. The van der Waals surface area contributed by atoms with E-state index in [1.54, 1.807) is 11.1 Å². The van der Waals surface area contributed by atoms with E-state index >= 15 is 0 Å². The first-order chi connectivity index (χ1) is 12.5. The van der Waals surface area contributed by atoms with Crippen LogP contribution in [0.25, 0.3) is 0 Å². The van der Waals surface area contributed by atoms with Crippen LogP contribution < -0.4 is 0 Å². The third-order valence-corrected chi connectivity index (χ3v) is 8.70. The predicted octanol–water partition coefficient (Wildman–Crippen LogP) is 6.68. The zero-order valence-corrected chi connectivity index (χ0v) is 17.2. The molecule has 0 radical (unpaired) electrons. The summed E-state index contributed by atoms with van der Waals surface area (Å²) in [5.74, 6) is 2.67. The van der Waals surface area contributed by atoms with Crippen molar-refractivity contribution >= 4 is 5.71 Å². The van der Waals surface area contributed by atoms with Gasteiger partial charge in [0, 0.05) is 0 Å². The van der Waals surface area contributed by atoms with Gasteiger partial charge in [-0.2, -0.15) is 0 Å². The van der Waals surface area contributed by atoms with Gasteiger partial charge in [-0.25, -0.2) is 0 Å². The van der Waals surface area contributed by atoms with Crippen LogP contribution in [0.1, 0.15) is 85.0 Å². The van der Waals surface area contributed by atoms with Gasteiger partial charge in [0.2, 0.25) is 0 Å². The Morgan fingerprint density at radius 1 is 1.08 bits per heavy atom. The largest absolute Gasteiger partial charge is 0.396 e. The number of fused-ring (bicyclic) bond motifs is 5. The molecular formula is C24H37NO. The summed E-state index contributed by atoms with van der Waals surface area (Å²) in [6.07, 6.45) is 15.1. The van der Waals surface area contributed by atoms with Gasteiger partial charge >= 0.3 is 0 Å². The number of hydrogen-bond acceptors (Lipinski definition) is 2. The Bertz CT molecular complexity index is 632. The highest BCUT2D eigenvalue weighted by molar-refractivity contribution is 5.96. The molecular weight excluding hydrogens is 318 g/mol. The van der Waals surface area contributed by atoms with Gasteiger partial charge in [0.05, 0.1) is 5.71 Å². The van der Waals surface area contributed by atoms with Gasteiger partial charge in [-0.15, -0.1) is 0 Å². The van der Waals surface area contributed by atoms with Crippen molar-refractivity contribution in [3.05, 3.63) is 23.8 Å². The van der Waals surface area contributed by atoms with E-state index in [9.17, 15) is 0 Å². The Balaban J connectivity index is 1.53. The van der Waals surface area contributed by atoms with E-state index in [2.05, 4.69) is 38.6 Å². The van der Waals surface area contributed by atoms with Crippen molar-refractivity contribution in [1.82, 2.24) is 0 Å². The molecule has 0 aromatic rings. The Kier molecular flexibility index (Phi) is 4.82. The van der Waals surface area contributed by atoms with Gasteiger partial charge in [0.25, 0.3) is 0 Å². The van der Waals surface area contributed by atoms with E-state index in [0.29, 0.717) is 10.8 Å². The maximum absolute atomic E-state index is 5.55. The molecule has 3 saturated carbocycles. The first kappa shape index (κ1) is 18.3. The Labute approximate surface area is 160 Å². The summed E-state index contributed by atoms with van der Waals surface area (Å²) in [6, 6.07) is 0. The highest BCUT2D eigenvalue weighted by Gasteiger charge is 2.57. The molecule has 4 rings (SSSR count). The number of oxime groups is 1. The zero-order chi connectivity index (χ0) is 18.4. The monoisotopic (exact) mass is 355 g/mol. The van der Waals surface area contributed by atoms with Gasteiger partial charge in [-0.3, -0.25) is 0 Å². The molecule has 0 N–H and O–H groups in total. The molecule has 2 nitrogen and oxygen atoms in total. The van der Waals surface area contributed by atoms with Gasteiger partial charge in [0.1, 0.15) is 6.61 Å². The number of hydrogen-bond donors (Lipinski definition) is 0. The third-order valence-electron chi connectivity index (χ3n) is 8.70. The molecule has 0 heterocycles. The van der Waals surface area contributed by atoms with Crippen molar-refractivity contribution in [1.29, 1.82) is 0 Å². The lowest BCUT2D eigenvalue weighted by atomic mass is 9.47. The van der Waals surface area contributed by atoms with E-state index < -0.39 is 0 Å². The average molecular weight is 356 g/mol. The van der Waals surface area contributed by atoms with E-state index in [4.69, 9.17) is 4.84 Å². The molecule has 4 aliphatic rings. The number of allylic oxidation sites excluding steroid dienone is 3. The smallest absolute Gasteiger partial charge is 0.117 e. The fourth-order valence-electron chi connectivity index (χ4n) is 6.89. The fraction of sp³-hybridized carbons (Fsp3) is 0.792. The Morgan fingerprint density at radius 2 is 1.88 bits per heavy atom. The predicted molar refractivity (Wildman–Crippen MR) is 109 cm³/mol. The minimum Gasteiger partial charge on any atom is -0.396 e. The molecule has 0 aromatic heterocycles. The Morgan fingerprint density at radius 3 is 2.69 bits per heavy atom. The van der Waals surface area contributed by atoms with Crippen LogP contribution in [-0.2, 0) is 4.84 Å². The van der Waals surface area contributed by atoms with Crippen molar-refractivity contribution in [3.8, 4) is 0 Å². The lowest BCUT2D eigenvalue weighted by Crippen LogP contribution is -2.49. The minimum absolute atomic E-state index is 0.399. The molecule has 0 amide bonds. The highest BCUT2D eigenvalue weighted by atomic mass is 16.6. The molecule has 3 fully saturated rings. The van der Waals surface area contributed by atoms with Gasteiger partial charge in [-0.05, 0) is 92.4 Å². The molecule has 0 aromatic carbocycles. The molecule has 2 heteroatoms. The highest BCUT2D eigenvalue weighted by Crippen LogP contribution is 2.66. The van der Waals surface area contributed by atoms with Crippen molar-refractivity contribution in [2.45, 2.75) is 85.0 Å². The summed E-state index contributed by atoms with van der Waals surface area (Å²) in [6.45, 7) is 12.5. The minimum atomic E-state index is 0.399. The molecule has 26 heavy (non-hydrogen) atoms. The van der Waals surface area contributed by atoms with Crippen molar-refractivity contribution in [2.75, 3.05) is 6.61 Å². The number of unbranched alkanes of at least 4 members (excludes halogenated alkanes) is 1. The van der Waals surface area contributed by atoms with Crippen LogP contribution in [0.2, 0.25) is 0 Å². The first-order valence-corrected chi connectivity index (χ1v) is 11.1. The summed E-state index contributed by atoms with van der Waals surface area (Å²) in [5, 5.41) is 4.45. The molecule has 5 atom stereocenters. The van der Waals surface area contributed by atoms with Gasteiger partial charge in [-0.1, -0.05) is 50.1 Å². The van der Waals surface area contributed by atoms with Gasteiger partial charge in [0.15, 0.2) is 0 Å². The van der Waals surface area contributed by atoms with Crippen LogP contribution in [0.3, 0.4) is 0 Å². The van der Waals surface area contributed by atoms with Crippen LogP contribution in [0.15, 0.2) is 29.0 Å². The molecule has 0 aliphatic heterocycles. The zero-order valence-electron chi connectivity index (χ0n) is 17.2. The second-order valence-electron chi connectivity index (χ2n) is 9.87. The molecule has 0 bridgehead atoms. The summed E-state index contributed by atoms with van der Waals surface area (Å²) >= 11 is 0. The average Bonchev–Trinajstić information content (AvgIpc) is 2.94. The van der Waals surface area contributed by atoms with Crippen LogP contribution in [0, 0.1) is 28.6 Å². The van der Waals surface area contributed by atoms with Crippen molar-refractivity contribution in [3.63, 3.8) is 0 Å². The number of rotatable bonds is 4. The quantitative estimate of drug-likeness (QED) is 0.313. The molecule has 144 valence electrons.